The van der Waals surface area contributed by atoms with Crippen LogP contribution >= 0.6 is 0 Å². The molecular weight excluding hydrogens is 759 g/mol. The number of imidazole rings is 1. The number of anilines is 3. The number of aromatic nitrogens is 3. The molecule has 8 aromatic rings. The zero-order chi connectivity index (χ0) is 45.3. The minimum Gasteiger partial charge on any atom is -0.457 e. The van der Waals surface area contributed by atoms with E-state index >= 15 is 0 Å². The Morgan fingerprint density at radius 1 is 0.516 bits per heavy atom. The van der Waals surface area contributed by atoms with Crippen LogP contribution in [0.5, 0.6) is 11.5 Å². The van der Waals surface area contributed by atoms with Crippen LogP contribution in [0.1, 0.15) is 90.3 Å². The molecule has 2 atom stereocenters. The molecule has 6 heteroatoms. The molecule has 2 aromatic heterocycles. The van der Waals surface area contributed by atoms with Crippen molar-refractivity contribution in [2.45, 2.75) is 89.5 Å². The van der Waals surface area contributed by atoms with Gasteiger partial charge in [-0.3, -0.25) is 9.13 Å². The number of hydrogen-bond acceptors (Lipinski definition) is 4. The number of hydrogen-bond donors (Lipinski definition) is 0. The summed E-state index contributed by atoms with van der Waals surface area (Å²) in [6.07, 6.45) is 18.0. The highest BCUT2D eigenvalue weighted by Gasteiger charge is 2.46. The Morgan fingerprint density at radius 2 is 1.18 bits per heavy atom. The van der Waals surface area contributed by atoms with Gasteiger partial charge in [-0.1, -0.05) is 137 Å². The SMILES string of the molecule is [2H]c1c([2H])c([2H])c(-n2c(-n3c4ccccc4c4ccc(Oc5cccc(N6CN(C7C(C8CCCCC8)CCCC7C7CCCCC7)c7ccccc76)c5)cc43)nc3ccccc32)c([2H])c1[2H]. The normalized spacial score (nSPS) is 22.4. The molecule has 0 radical (unpaired) electrons. The molecule has 3 fully saturated rings. The zero-order valence-electron chi connectivity index (χ0n) is 40.4. The summed E-state index contributed by atoms with van der Waals surface area (Å²) in [7, 11) is 0. The molecule has 3 aliphatic carbocycles. The van der Waals surface area contributed by atoms with Crippen molar-refractivity contribution in [2.75, 3.05) is 16.5 Å². The average molecular weight is 821 g/mol. The maximum absolute atomic E-state index is 9.02. The van der Waals surface area contributed by atoms with Crippen LogP contribution in [-0.2, 0) is 0 Å². The van der Waals surface area contributed by atoms with Crippen LogP contribution in [0, 0.1) is 23.7 Å². The third-order valence-electron chi connectivity index (χ3n) is 15.1. The highest BCUT2D eigenvalue weighted by Crippen LogP contribution is 2.52. The van der Waals surface area contributed by atoms with Gasteiger partial charge in [0.05, 0.1) is 47.0 Å². The molecule has 12 rings (SSSR count). The van der Waals surface area contributed by atoms with E-state index in [1.807, 2.05) is 65.2 Å². The van der Waals surface area contributed by atoms with E-state index in [2.05, 4.69) is 64.4 Å². The first-order valence-corrected chi connectivity index (χ1v) is 23.3. The molecule has 6 aromatic carbocycles. The molecule has 0 spiro atoms. The van der Waals surface area contributed by atoms with E-state index in [1.165, 1.54) is 94.8 Å². The van der Waals surface area contributed by atoms with E-state index in [1.54, 1.807) is 4.57 Å². The lowest BCUT2D eigenvalue weighted by molar-refractivity contribution is 0.0797. The Hall–Kier alpha value is -6.01. The molecule has 4 aliphatic rings. The molecule has 3 heterocycles. The first kappa shape index (κ1) is 32.7. The minimum atomic E-state index is -0.436. The highest BCUT2D eigenvalue weighted by molar-refractivity contribution is 6.09. The first-order chi connectivity index (χ1) is 32.8. The first-order valence-electron chi connectivity index (χ1n) is 25.8. The third-order valence-corrected chi connectivity index (χ3v) is 15.1. The number of ether oxygens (including phenoxy) is 1. The van der Waals surface area contributed by atoms with Crippen molar-refractivity contribution in [3.63, 3.8) is 0 Å². The van der Waals surface area contributed by atoms with E-state index in [9.17, 15) is 0 Å². The predicted octanol–water partition coefficient (Wildman–Crippen LogP) is 14.8. The highest BCUT2D eigenvalue weighted by atomic mass is 16.5. The van der Waals surface area contributed by atoms with Gasteiger partial charge in [-0.05, 0) is 103 Å². The predicted molar refractivity (Wildman–Crippen MR) is 256 cm³/mol. The van der Waals surface area contributed by atoms with Gasteiger partial charge in [0.2, 0.25) is 5.95 Å². The smallest absolute Gasteiger partial charge is 0.220 e. The minimum absolute atomic E-state index is 0.0457. The van der Waals surface area contributed by atoms with Crippen LogP contribution in [0.15, 0.2) is 145 Å². The maximum atomic E-state index is 9.02. The van der Waals surface area contributed by atoms with Gasteiger partial charge in [-0.2, -0.15) is 0 Å². The Bertz CT molecular complexity index is 3110. The molecule has 62 heavy (non-hydrogen) atoms. The maximum Gasteiger partial charge on any atom is 0.220 e. The number of nitrogens with zero attached hydrogens (tertiary/aromatic N) is 5. The fourth-order valence-electron chi connectivity index (χ4n) is 12.4. The third kappa shape index (κ3) is 6.56. The molecule has 0 saturated heterocycles. The molecule has 3 saturated carbocycles. The second-order valence-electron chi connectivity index (χ2n) is 18.4. The molecule has 1 aliphatic heterocycles. The summed E-state index contributed by atoms with van der Waals surface area (Å²) >= 11 is 0. The molecule has 0 amide bonds. The summed E-state index contributed by atoms with van der Waals surface area (Å²) in [6, 6.07) is 38.1. The van der Waals surface area contributed by atoms with E-state index < -0.39 is 18.1 Å². The standard InChI is InChI=1S/C56H57N5O/c1-4-18-39(19-5-1)45-27-17-28-46(40-20-6-2-7-21-40)55(45)59-38-58(52-32-14-15-33-53(52)59)42-24-16-25-43(36-42)62-44-34-35-48-47-26-10-12-30-50(47)61(54(48)37-44)56-57-49-29-11-13-31-51(49)60(56)41-22-8-3-9-23-41/h3,8-16,22-26,29-37,39-40,45-46,55H,1-2,4-7,17-21,27-28,38H2/i3D,8D,9D,22D,23D. The summed E-state index contributed by atoms with van der Waals surface area (Å²) < 4.78 is 54.1. The fraction of sp³-hybridized carbons (Fsp3) is 0.339. The average Bonchev–Trinajstić information content (AvgIpc) is 4.05. The number of rotatable bonds is 8. The van der Waals surface area contributed by atoms with Gasteiger partial charge in [-0.15, -0.1) is 0 Å². The lowest BCUT2D eigenvalue weighted by Gasteiger charge is -2.51. The molecule has 2 unspecified atom stereocenters. The summed E-state index contributed by atoms with van der Waals surface area (Å²) in [6.45, 7) is 0.834. The van der Waals surface area contributed by atoms with Crippen LogP contribution in [-0.4, -0.2) is 26.8 Å². The van der Waals surface area contributed by atoms with Gasteiger partial charge in [0.1, 0.15) is 11.5 Å². The van der Waals surface area contributed by atoms with E-state index in [0.29, 0.717) is 28.8 Å². The van der Waals surface area contributed by atoms with Gasteiger partial charge < -0.3 is 14.5 Å². The molecular formula is C56H57N5O. The number of para-hydroxylation sites is 6. The number of fused-ring (bicyclic) bond motifs is 5. The quantitative estimate of drug-likeness (QED) is 0.153. The van der Waals surface area contributed by atoms with E-state index in [0.717, 1.165) is 63.6 Å². The monoisotopic (exact) mass is 820 g/mol. The summed E-state index contributed by atoms with van der Waals surface area (Å²) in [5, 5.41) is 1.98. The van der Waals surface area contributed by atoms with E-state index in [-0.39, 0.29) is 17.8 Å². The van der Waals surface area contributed by atoms with Crippen LogP contribution in [0.3, 0.4) is 0 Å². The van der Waals surface area contributed by atoms with Crippen molar-refractivity contribution in [1.82, 2.24) is 14.1 Å². The van der Waals surface area contributed by atoms with Gasteiger partial charge in [0.25, 0.3) is 0 Å². The van der Waals surface area contributed by atoms with Gasteiger partial charge in [0.15, 0.2) is 0 Å². The van der Waals surface area contributed by atoms with Crippen molar-refractivity contribution in [3.8, 4) is 23.1 Å². The van der Waals surface area contributed by atoms with Crippen molar-refractivity contribution in [2.24, 2.45) is 23.7 Å². The fourth-order valence-corrected chi connectivity index (χ4v) is 12.4. The Kier molecular flexibility index (Phi) is 8.45. The Labute approximate surface area is 372 Å². The van der Waals surface area contributed by atoms with Gasteiger partial charge in [-0.25, -0.2) is 4.98 Å². The largest absolute Gasteiger partial charge is 0.457 e. The number of benzene rings is 6. The lowest BCUT2D eigenvalue weighted by atomic mass is 9.62. The van der Waals surface area contributed by atoms with Crippen LogP contribution in [0.2, 0.25) is 0 Å². The molecule has 0 bridgehead atoms. The molecule has 6 nitrogen and oxygen atoms in total. The van der Waals surface area contributed by atoms with Crippen LogP contribution in [0.4, 0.5) is 17.1 Å². The van der Waals surface area contributed by atoms with Crippen LogP contribution in [0.25, 0.3) is 44.5 Å². The van der Waals surface area contributed by atoms with Gasteiger partial charge >= 0.3 is 0 Å². The summed E-state index contributed by atoms with van der Waals surface area (Å²) in [5.74, 6) is 4.93. The molecule has 312 valence electrons. The Balaban J connectivity index is 0.923. The molecule has 0 N–H and O–H groups in total. The van der Waals surface area contributed by atoms with E-state index in [4.69, 9.17) is 16.6 Å². The summed E-state index contributed by atoms with van der Waals surface area (Å²) in [4.78, 5) is 10.5. The second-order valence-corrected chi connectivity index (χ2v) is 18.4. The second kappa shape index (κ2) is 16.0. The van der Waals surface area contributed by atoms with Crippen molar-refractivity contribution < 1.29 is 11.6 Å². The lowest BCUT2D eigenvalue weighted by Crippen LogP contribution is -2.53. The van der Waals surface area contributed by atoms with Gasteiger partial charge in [0, 0.05) is 40.3 Å². The summed E-state index contributed by atoms with van der Waals surface area (Å²) in [5.41, 5.74) is 6.74. The van der Waals surface area contributed by atoms with Crippen LogP contribution < -0.4 is 14.5 Å². The zero-order valence-corrected chi connectivity index (χ0v) is 35.4. The van der Waals surface area contributed by atoms with Crippen molar-refractivity contribution in [3.05, 3.63) is 145 Å². The van der Waals surface area contributed by atoms with Crippen molar-refractivity contribution >= 4 is 49.9 Å². The Morgan fingerprint density at radius 3 is 1.95 bits per heavy atom. The van der Waals surface area contributed by atoms with Crippen molar-refractivity contribution in [1.29, 1.82) is 0 Å². The topological polar surface area (TPSA) is 38.5 Å².